The van der Waals surface area contributed by atoms with E-state index < -0.39 is 23.9 Å². The maximum Gasteiger partial charge on any atom is 0.336 e. The predicted molar refractivity (Wildman–Crippen MR) is 122 cm³/mol. The third-order valence-electron chi connectivity index (χ3n) is 5.11. The van der Waals surface area contributed by atoms with Crippen molar-refractivity contribution < 1.29 is 39.6 Å². The zero-order valence-corrected chi connectivity index (χ0v) is 18.0. The third kappa shape index (κ3) is 4.33. The Labute approximate surface area is 201 Å². The van der Waals surface area contributed by atoms with Gasteiger partial charge in [-0.25, -0.2) is 19.2 Å². The molecule has 0 aromatic carbocycles. The molecule has 4 N–H and O–H groups in total. The number of nitrogens with zero attached hydrogens (tertiary/aromatic N) is 4. The molecule has 0 bridgehead atoms. The van der Waals surface area contributed by atoms with Gasteiger partial charge in [0.15, 0.2) is 0 Å². The van der Waals surface area contributed by atoms with Crippen LogP contribution in [0.15, 0.2) is 61.2 Å². The molecule has 0 aliphatic rings. The van der Waals surface area contributed by atoms with Crippen molar-refractivity contribution in [3.05, 3.63) is 83.4 Å². The minimum Gasteiger partial charge on any atom is -0.478 e. The summed E-state index contributed by atoms with van der Waals surface area (Å²) in [6.45, 7) is 0. The van der Waals surface area contributed by atoms with Crippen molar-refractivity contribution in [1.82, 2.24) is 19.9 Å². The van der Waals surface area contributed by atoms with Gasteiger partial charge in [-0.1, -0.05) is 0 Å². The van der Waals surface area contributed by atoms with Crippen LogP contribution in [0.5, 0.6) is 0 Å². The van der Waals surface area contributed by atoms with Gasteiger partial charge < -0.3 is 20.4 Å². The zero-order chi connectivity index (χ0) is 26.0. The second-order valence-electron chi connectivity index (χ2n) is 7.24. The van der Waals surface area contributed by atoms with Crippen LogP contribution in [-0.2, 0) is 0 Å². The summed E-state index contributed by atoms with van der Waals surface area (Å²) in [5.74, 6) is -5.34. The van der Waals surface area contributed by atoms with Gasteiger partial charge in [-0.3, -0.25) is 19.9 Å². The van der Waals surface area contributed by atoms with E-state index in [9.17, 15) is 39.6 Å². The molecule has 0 aliphatic heterocycles. The zero-order valence-electron chi connectivity index (χ0n) is 18.0. The molecule has 0 saturated heterocycles. The van der Waals surface area contributed by atoms with E-state index in [1.54, 1.807) is 0 Å². The van der Waals surface area contributed by atoms with Gasteiger partial charge in [0.1, 0.15) is 0 Å². The quantitative estimate of drug-likeness (QED) is 0.298. The number of pyridine rings is 4. The first-order chi connectivity index (χ1) is 17.2. The van der Waals surface area contributed by atoms with Crippen molar-refractivity contribution in [3.8, 4) is 33.9 Å². The van der Waals surface area contributed by atoms with Crippen LogP contribution >= 0.6 is 0 Å². The number of carbonyl (C=O) groups is 4. The molecule has 0 aliphatic carbocycles. The Bertz CT molecular complexity index is 1570. The minimum atomic E-state index is -1.40. The van der Waals surface area contributed by atoms with Crippen molar-refractivity contribution in [3.63, 3.8) is 0 Å². The van der Waals surface area contributed by atoms with Crippen molar-refractivity contribution in [2.75, 3.05) is 0 Å². The van der Waals surface area contributed by atoms with Crippen molar-refractivity contribution in [2.24, 2.45) is 0 Å². The average molecular weight is 486 g/mol. The number of hydrogen-bond acceptors (Lipinski definition) is 8. The van der Waals surface area contributed by atoms with Gasteiger partial charge in [-0.2, -0.15) is 0 Å². The SMILES string of the molecule is O=C(O)c1ccnc(-c2nccc(C(=O)O)c2-c2nccc(C(=O)O)c2-c2cc(C(=O)O)ccn2)c1. The Hall–Kier alpha value is -5.52. The fraction of sp³-hybridized carbons (Fsp3) is 0. The number of carboxylic acid groups (broad SMARTS) is 4. The Balaban J connectivity index is 2.13. The predicted octanol–water partition coefficient (Wildman–Crippen LogP) is 3.06. The van der Waals surface area contributed by atoms with Crippen LogP contribution in [0.4, 0.5) is 0 Å². The fourth-order valence-electron chi connectivity index (χ4n) is 3.56. The molecule has 4 rings (SSSR count). The van der Waals surface area contributed by atoms with Gasteiger partial charge in [0, 0.05) is 35.9 Å². The number of rotatable bonds is 7. The van der Waals surface area contributed by atoms with Gasteiger partial charge in [0.25, 0.3) is 0 Å². The monoisotopic (exact) mass is 486 g/mol. The molecular weight excluding hydrogens is 472 g/mol. The minimum absolute atomic E-state index is 0.00581. The summed E-state index contributed by atoms with van der Waals surface area (Å²) >= 11 is 0. The average Bonchev–Trinajstić information content (AvgIpc) is 2.87. The molecule has 0 saturated carbocycles. The summed E-state index contributed by atoms with van der Waals surface area (Å²) in [6.07, 6.45) is 4.70. The molecule has 12 nitrogen and oxygen atoms in total. The van der Waals surface area contributed by atoms with E-state index in [1.165, 1.54) is 42.9 Å². The first-order valence-corrected chi connectivity index (χ1v) is 10.0. The van der Waals surface area contributed by atoms with Gasteiger partial charge in [-0.15, -0.1) is 0 Å². The summed E-state index contributed by atoms with van der Waals surface area (Å²) in [5.41, 5.74) is -1.63. The van der Waals surface area contributed by atoms with E-state index in [-0.39, 0.29) is 56.2 Å². The Kier molecular flexibility index (Phi) is 6.16. The summed E-state index contributed by atoms with van der Waals surface area (Å²) in [5, 5.41) is 38.5. The lowest BCUT2D eigenvalue weighted by molar-refractivity contribution is 0.0685. The molecule has 4 aromatic heterocycles. The lowest BCUT2D eigenvalue weighted by atomic mass is 9.92. The van der Waals surface area contributed by atoms with Crippen LogP contribution < -0.4 is 0 Å². The van der Waals surface area contributed by atoms with Crippen LogP contribution in [0.2, 0.25) is 0 Å². The normalized spacial score (nSPS) is 10.6. The second kappa shape index (κ2) is 9.38. The summed E-state index contributed by atoms with van der Waals surface area (Å²) in [6, 6.07) is 7.10. The smallest absolute Gasteiger partial charge is 0.336 e. The Morgan fingerprint density at radius 3 is 1.47 bits per heavy atom. The third-order valence-corrected chi connectivity index (χ3v) is 5.11. The van der Waals surface area contributed by atoms with Crippen LogP contribution in [0.25, 0.3) is 33.9 Å². The maximum absolute atomic E-state index is 12.2. The number of aromatic nitrogens is 4. The highest BCUT2D eigenvalue weighted by Gasteiger charge is 2.27. The highest BCUT2D eigenvalue weighted by atomic mass is 16.4. The molecule has 4 heterocycles. The van der Waals surface area contributed by atoms with E-state index >= 15 is 0 Å². The highest BCUT2D eigenvalue weighted by molar-refractivity contribution is 6.06. The molecule has 36 heavy (non-hydrogen) atoms. The molecule has 0 atom stereocenters. The van der Waals surface area contributed by atoms with E-state index in [0.717, 1.165) is 18.3 Å². The molecule has 0 spiro atoms. The summed E-state index contributed by atoms with van der Waals surface area (Å²) < 4.78 is 0. The maximum atomic E-state index is 12.2. The van der Waals surface area contributed by atoms with Crippen LogP contribution in [0, 0.1) is 0 Å². The summed E-state index contributed by atoms with van der Waals surface area (Å²) in [4.78, 5) is 64.0. The highest BCUT2D eigenvalue weighted by Crippen LogP contribution is 2.39. The first-order valence-electron chi connectivity index (χ1n) is 10.0. The van der Waals surface area contributed by atoms with Crippen molar-refractivity contribution in [1.29, 1.82) is 0 Å². The fourth-order valence-corrected chi connectivity index (χ4v) is 3.56. The van der Waals surface area contributed by atoms with Gasteiger partial charge in [0.05, 0.1) is 45.0 Å². The molecular formula is C24H14N4O8. The molecule has 0 radical (unpaired) electrons. The first kappa shape index (κ1) is 23.6. The Morgan fingerprint density at radius 2 is 0.944 bits per heavy atom. The lowest BCUT2D eigenvalue weighted by Gasteiger charge is -2.16. The van der Waals surface area contributed by atoms with E-state index in [4.69, 9.17) is 0 Å². The topological polar surface area (TPSA) is 201 Å². The molecule has 12 heteroatoms. The number of aromatic carboxylic acids is 4. The molecule has 0 fully saturated rings. The molecule has 4 aromatic rings. The van der Waals surface area contributed by atoms with Gasteiger partial charge in [0.2, 0.25) is 0 Å². The summed E-state index contributed by atoms with van der Waals surface area (Å²) in [7, 11) is 0. The van der Waals surface area contributed by atoms with E-state index in [2.05, 4.69) is 19.9 Å². The van der Waals surface area contributed by atoms with Crippen LogP contribution in [0.3, 0.4) is 0 Å². The van der Waals surface area contributed by atoms with Crippen molar-refractivity contribution >= 4 is 23.9 Å². The van der Waals surface area contributed by atoms with Gasteiger partial charge >= 0.3 is 23.9 Å². The largest absolute Gasteiger partial charge is 0.478 e. The number of hydrogen-bond donors (Lipinski definition) is 4. The second-order valence-corrected chi connectivity index (χ2v) is 7.24. The number of carboxylic acids is 4. The van der Waals surface area contributed by atoms with E-state index in [0.29, 0.717) is 0 Å². The molecule has 0 unspecified atom stereocenters. The Morgan fingerprint density at radius 1 is 0.500 bits per heavy atom. The lowest BCUT2D eigenvalue weighted by Crippen LogP contribution is -2.09. The molecule has 0 amide bonds. The van der Waals surface area contributed by atoms with Crippen LogP contribution in [-0.4, -0.2) is 64.2 Å². The van der Waals surface area contributed by atoms with Crippen LogP contribution in [0.1, 0.15) is 41.4 Å². The molecule has 178 valence electrons. The van der Waals surface area contributed by atoms with Crippen molar-refractivity contribution in [2.45, 2.75) is 0 Å². The van der Waals surface area contributed by atoms with Gasteiger partial charge in [-0.05, 0) is 36.4 Å². The van der Waals surface area contributed by atoms with E-state index in [1.807, 2.05) is 0 Å². The standard InChI is InChI=1S/C24H14N4O8/c29-21(30)11-1-5-25-15(9-11)17-13(23(33)34)3-8-28-20(17)18-14(24(35)36)4-7-27-19(18)16-10-12(22(31)32)2-6-26-16/h1-10H,(H,29,30)(H,31,32)(H,33,34)(H,35,36).